The summed E-state index contributed by atoms with van der Waals surface area (Å²) in [6, 6.07) is 13.6. The highest BCUT2D eigenvalue weighted by atomic mass is 79.9. The standard InChI is InChI=1S/C15H12Br2O/c1-10-13(6-3-7-14(10)17)15(18)9-11-4-2-5-12(16)8-11/h2-8H,9H2,1H3. The second-order valence-corrected chi connectivity index (χ2v) is 5.91. The lowest BCUT2D eigenvalue weighted by Gasteiger charge is -2.07. The minimum Gasteiger partial charge on any atom is -0.294 e. The number of hydrogen-bond donors (Lipinski definition) is 0. The maximum atomic E-state index is 12.3. The minimum atomic E-state index is 0.145. The summed E-state index contributed by atoms with van der Waals surface area (Å²) < 4.78 is 1.97. The highest BCUT2D eigenvalue weighted by Crippen LogP contribution is 2.21. The third-order valence-corrected chi connectivity index (χ3v) is 4.17. The highest BCUT2D eigenvalue weighted by molar-refractivity contribution is 9.10. The molecule has 0 aliphatic carbocycles. The average Bonchev–Trinajstić information content (AvgIpc) is 2.32. The van der Waals surface area contributed by atoms with Gasteiger partial charge in [0, 0.05) is 20.9 Å². The average molecular weight is 368 g/mol. The number of halogens is 2. The summed E-state index contributed by atoms with van der Waals surface area (Å²) in [5, 5.41) is 0. The van der Waals surface area contributed by atoms with Crippen LogP contribution in [0, 0.1) is 6.92 Å². The summed E-state index contributed by atoms with van der Waals surface area (Å²) in [5.41, 5.74) is 2.80. The number of Topliss-reactive ketones (excluding diaryl/α,β-unsaturated/α-hetero) is 1. The number of benzene rings is 2. The molecular formula is C15H12Br2O. The molecule has 0 aromatic heterocycles. The second kappa shape index (κ2) is 5.81. The first-order valence-electron chi connectivity index (χ1n) is 5.60. The van der Waals surface area contributed by atoms with Crippen LogP contribution in [0.1, 0.15) is 21.5 Å². The molecule has 0 saturated carbocycles. The zero-order chi connectivity index (χ0) is 13.1. The Morgan fingerprint density at radius 3 is 2.56 bits per heavy atom. The van der Waals surface area contributed by atoms with Crippen molar-refractivity contribution in [1.29, 1.82) is 0 Å². The lowest BCUT2D eigenvalue weighted by Crippen LogP contribution is -2.05. The Kier molecular flexibility index (Phi) is 4.36. The lowest BCUT2D eigenvalue weighted by molar-refractivity contribution is 0.0992. The van der Waals surface area contributed by atoms with E-state index in [0.717, 1.165) is 25.6 Å². The van der Waals surface area contributed by atoms with Crippen molar-refractivity contribution in [3.63, 3.8) is 0 Å². The molecular weight excluding hydrogens is 356 g/mol. The van der Waals surface area contributed by atoms with Crippen molar-refractivity contribution < 1.29 is 4.79 Å². The van der Waals surface area contributed by atoms with Crippen molar-refractivity contribution in [1.82, 2.24) is 0 Å². The van der Waals surface area contributed by atoms with E-state index in [1.807, 2.05) is 49.4 Å². The molecule has 0 fully saturated rings. The van der Waals surface area contributed by atoms with Crippen LogP contribution >= 0.6 is 31.9 Å². The van der Waals surface area contributed by atoms with Crippen molar-refractivity contribution in [3.05, 3.63) is 68.1 Å². The first kappa shape index (κ1) is 13.5. The van der Waals surface area contributed by atoms with E-state index in [1.54, 1.807) is 0 Å². The maximum absolute atomic E-state index is 12.3. The molecule has 0 N–H and O–H groups in total. The number of carbonyl (C=O) groups is 1. The molecule has 0 aliphatic rings. The van der Waals surface area contributed by atoms with Gasteiger partial charge in [0.15, 0.2) is 5.78 Å². The summed E-state index contributed by atoms with van der Waals surface area (Å²) in [5.74, 6) is 0.145. The molecule has 0 aliphatic heterocycles. The van der Waals surface area contributed by atoms with Crippen LogP contribution < -0.4 is 0 Å². The molecule has 0 bridgehead atoms. The molecule has 92 valence electrons. The van der Waals surface area contributed by atoms with Gasteiger partial charge < -0.3 is 0 Å². The molecule has 18 heavy (non-hydrogen) atoms. The minimum absolute atomic E-state index is 0.145. The third-order valence-electron chi connectivity index (χ3n) is 2.82. The lowest BCUT2D eigenvalue weighted by atomic mass is 9.99. The van der Waals surface area contributed by atoms with Crippen LogP contribution in [0.25, 0.3) is 0 Å². The van der Waals surface area contributed by atoms with Gasteiger partial charge in [-0.05, 0) is 36.2 Å². The van der Waals surface area contributed by atoms with Gasteiger partial charge in [0.2, 0.25) is 0 Å². The normalized spacial score (nSPS) is 10.4. The summed E-state index contributed by atoms with van der Waals surface area (Å²) in [6.45, 7) is 1.96. The summed E-state index contributed by atoms with van der Waals surface area (Å²) in [7, 11) is 0. The van der Waals surface area contributed by atoms with Gasteiger partial charge in [-0.2, -0.15) is 0 Å². The van der Waals surface area contributed by atoms with Crippen LogP contribution in [-0.4, -0.2) is 5.78 Å². The van der Waals surface area contributed by atoms with Gasteiger partial charge >= 0.3 is 0 Å². The Labute approximate surface area is 123 Å². The predicted octanol–water partition coefficient (Wildman–Crippen LogP) is 4.95. The van der Waals surface area contributed by atoms with Crippen LogP contribution in [0.15, 0.2) is 51.4 Å². The van der Waals surface area contributed by atoms with Crippen LogP contribution in [0.5, 0.6) is 0 Å². The van der Waals surface area contributed by atoms with Gasteiger partial charge in [0.1, 0.15) is 0 Å². The Morgan fingerprint density at radius 1 is 1.11 bits per heavy atom. The predicted molar refractivity (Wildman–Crippen MR) is 81.1 cm³/mol. The fourth-order valence-corrected chi connectivity index (χ4v) is 2.65. The Bertz CT molecular complexity index is 591. The molecule has 0 radical (unpaired) electrons. The van der Waals surface area contributed by atoms with Gasteiger partial charge in [0.25, 0.3) is 0 Å². The zero-order valence-corrected chi connectivity index (χ0v) is 13.1. The fourth-order valence-electron chi connectivity index (χ4n) is 1.84. The van der Waals surface area contributed by atoms with Gasteiger partial charge in [-0.15, -0.1) is 0 Å². The molecule has 0 spiro atoms. The number of hydrogen-bond acceptors (Lipinski definition) is 1. The first-order chi connectivity index (χ1) is 8.58. The van der Waals surface area contributed by atoms with E-state index in [9.17, 15) is 4.79 Å². The molecule has 0 unspecified atom stereocenters. The van der Waals surface area contributed by atoms with Gasteiger partial charge in [-0.1, -0.05) is 56.1 Å². The number of ketones is 1. The number of carbonyl (C=O) groups excluding carboxylic acids is 1. The van der Waals surface area contributed by atoms with E-state index in [0.29, 0.717) is 6.42 Å². The topological polar surface area (TPSA) is 17.1 Å². The molecule has 2 aromatic rings. The van der Waals surface area contributed by atoms with Crippen molar-refractivity contribution in [2.45, 2.75) is 13.3 Å². The monoisotopic (exact) mass is 366 g/mol. The molecule has 1 nitrogen and oxygen atoms in total. The maximum Gasteiger partial charge on any atom is 0.167 e. The van der Waals surface area contributed by atoms with Crippen molar-refractivity contribution in [2.75, 3.05) is 0 Å². The quantitative estimate of drug-likeness (QED) is 0.701. The fraction of sp³-hybridized carbons (Fsp3) is 0.133. The zero-order valence-electron chi connectivity index (χ0n) is 9.91. The molecule has 2 aromatic carbocycles. The van der Waals surface area contributed by atoms with E-state index >= 15 is 0 Å². The van der Waals surface area contributed by atoms with Crippen molar-refractivity contribution in [3.8, 4) is 0 Å². The SMILES string of the molecule is Cc1c(Br)cccc1C(=O)Cc1cccc(Br)c1. The van der Waals surface area contributed by atoms with Crippen molar-refractivity contribution in [2.24, 2.45) is 0 Å². The van der Waals surface area contributed by atoms with E-state index in [4.69, 9.17) is 0 Å². The summed E-state index contributed by atoms with van der Waals surface area (Å²) in [4.78, 5) is 12.3. The van der Waals surface area contributed by atoms with Crippen LogP contribution in [0.4, 0.5) is 0 Å². The Hall–Kier alpha value is -0.930. The largest absolute Gasteiger partial charge is 0.294 e. The Balaban J connectivity index is 2.25. The molecule has 0 saturated heterocycles. The van der Waals surface area contributed by atoms with Crippen molar-refractivity contribution >= 4 is 37.6 Å². The molecule has 2 rings (SSSR count). The van der Waals surface area contributed by atoms with Crippen LogP contribution in [-0.2, 0) is 6.42 Å². The van der Waals surface area contributed by atoms with E-state index in [1.165, 1.54) is 0 Å². The highest BCUT2D eigenvalue weighted by Gasteiger charge is 2.11. The third kappa shape index (κ3) is 3.09. The molecule has 0 heterocycles. The van der Waals surface area contributed by atoms with Gasteiger partial charge in [-0.3, -0.25) is 4.79 Å². The first-order valence-corrected chi connectivity index (χ1v) is 7.19. The van der Waals surface area contributed by atoms with Gasteiger partial charge in [0.05, 0.1) is 0 Å². The van der Waals surface area contributed by atoms with E-state index in [2.05, 4.69) is 31.9 Å². The van der Waals surface area contributed by atoms with Gasteiger partial charge in [-0.25, -0.2) is 0 Å². The Morgan fingerprint density at radius 2 is 1.83 bits per heavy atom. The van der Waals surface area contributed by atoms with Crippen LogP contribution in [0.3, 0.4) is 0 Å². The molecule has 3 heteroatoms. The second-order valence-electron chi connectivity index (χ2n) is 4.14. The molecule has 0 atom stereocenters. The number of rotatable bonds is 3. The smallest absolute Gasteiger partial charge is 0.167 e. The molecule has 0 amide bonds. The summed E-state index contributed by atoms with van der Waals surface area (Å²) >= 11 is 6.87. The van der Waals surface area contributed by atoms with E-state index in [-0.39, 0.29) is 5.78 Å². The van der Waals surface area contributed by atoms with E-state index < -0.39 is 0 Å². The van der Waals surface area contributed by atoms with Crippen LogP contribution in [0.2, 0.25) is 0 Å². The summed E-state index contributed by atoms with van der Waals surface area (Å²) in [6.07, 6.45) is 0.427.